The molecule has 0 aliphatic heterocycles. The Kier molecular flexibility index (Phi) is 4.50. The first-order chi connectivity index (χ1) is 11.1. The average Bonchev–Trinajstić information content (AvgIpc) is 3.36. The predicted octanol–water partition coefficient (Wildman–Crippen LogP) is 3.08. The highest BCUT2D eigenvalue weighted by Crippen LogP contribution is 2.29. The van der Waals surface area contributed by atoms with Crippen molar-refractivity contribution in [2.75, 3.05) is 6.61 Å². The van der Waals surface area contributed by atoms with Gasteiger partial charge in [-0.15, -0.1) is 0 Å². The standard InChI is InChI=1S/C17H16F2N2O2/c18-13-2-1-3-14(19)16(13)17(22)21-9-12-6-7-15(20-8-12)23-10-11-4-5-11/h1-3,6-8,11H,4-5,9-10H2,(H,21,22). The number of benzene rings is 1. The van der Waals surface area contributed by atoms with Crippen molar-refractivity contribution in [1.82, 2.24) is 10.3 Å². The van der Waals surface area contributed by atoms with Gasteiger partial charge in [0, 0.05) is 18.8 Å². The smallest absolute Gasteiger partial charge is 0.257 e. The molecule has 0 saturated heterocycles. The van der Waals surface area contributed by atoms with Crippen LogP contribution in [-0.2, 0) is 6.54 Å². The first-order valence-electron chi connectivity index (χ1n) is 7.43. The number of nitrogens with one attached hydrogen (secondary N) is 1. The van der Waals surface area contributed by atoms with Crippen molar-refractivity contribution >= 4 is 5.91 Å². The normalized spacial score (nSPS) is 13.7. The molecule has 0 radical (unpaired) electrons. The van der Waals surface area contributed by atoms with Crippen molar-refractivity contribution < 1.29 is 18.3 Å². The van der Waals surface area contributed by atoms with Crippen LogP contribution >= 0.6 is 0 Å². The van der Waals surface area contributed by atoms with E-state index in [-0.39, 0.29) is 6.54 Å². The largest absolute Gasteiger partial charge is 0.477 e. The van der Waals surface area contributed by atoms with Crippen molar-refractivity contribution in [3.63, 3.8) is 0 Å². The van der Waals surface area contributed by atoms with E-state index in [4.69, 9.17) is 4.74 Å². The number of pyridine rings is 1. The number of nitrogens with zero attached hydrogens (tertiary/aromatic N) is 1. The van der Waals surface area contributed by atoms with E-state index in [1.165, 1.54) is 18.9 Å². The van der Waals surface area contributed by atoms with Gasteiger partial charge in [-0.3, -0.25) is 4.79 Å². The van der Waals surface area contributed by atoms with Crippen LogP contribution in [0.3, 0.4) is 0 Å². The van der Waals surface area contributed by atoms with Crippen molar-refractivity contribution in [2.45, 2.75) is 19.4 Å². The summed E-state index contributed by atoms with van der Waals surface area (Å²) in [5.74, 6) is -1.39. The molecule has 6 heteroatoms. The fourth-order valence-corrected chi connectivity index (χ4v) is 2.07. The summed E-state index contributed by atoms with van der Waals surface area (Å²) in [6, 6.07) is 6.78. The summed E-state index contributed by atoms with van der Waals surface area (Å²) >= 11 is 0. The minimum absolute atomic E-state index is 0.127. The summed E-state index contributed by atoms with van der Waals surface area (Å²) in [5.41, 5.74) is 0.138. The first kappa shape index (κ1) is 15.4. The van der Waals surface area contributed by atoms with Gasteiger partial charge < -0.3 is 10.1 Å². The second-order valence-electron chi connectivity index (χ2n) is 5.54. The summed E-state index contributed by atoms with van der Waals surface area (Å²) in [7, 11) is 0. The molecule has 0 unspecified atom stereocenters. The van der Waals surface area contributed by atoms with Gasteiger partial charge in [0.2, 0.25) is 5.88 Å². The Bertz CT molecular complexity index is 680. The maximum absolute atomic E-state index is 13.5. The molecule has 1 aromatic heterocycles. The molecule has 1 heterocycles. The number of hydrogen-bond acceptors (Lipinski definition) is 3. The number of halogens is 2. The molecular formula is C17H16F2N2O2. The molecule has 1 N–H and O–H groups in total. The van der Waals surface area contributed by atoms with E-state index in [0.29, 0.717) is 24.0 Å². The number of carbonyl (C=O) groups is 1. The molecule has 1 amide bonds. The van der Waals surface area contributed by atoms with Crippen LogP contribution in [-0.4, -0.2) is 17.5 Å². The monoisotopic (exact) mass is 318 g/mol. The number of aromatic nitrogens is 1. The van der Waals surface area contributed by atoms with Crippen LogP contribution in [0.25, 0.3) is 0 Å². The fourth-order valence-electron chi connectivity index (χ4n) is 2.07. The zero-order chi connectivity index (χ0) is 16.2. The van der Waals surface area contributed by atoms with Gasteiger partial charge in [0.05, 0.1) is 6.61 Å². The molecule has 0 spiro atoms. The summed E-state index contributed by atoms with van der Waals surface area (Å²) in [6.07, 6.45) is 3.98. The summed E-state index contributed by atoms with van der Waals surface area (Å²) in [6.45, 7) is 0.804. The van der Waals surface area contributed by atoms with Crippen molar-refractivity contribution in [2.24, 2.45) is 5.92 Å². The summed E-state index contributed by atoms with van der Waals surface area (Å²) in [4.78, 5) is 16.0. The lowest BCUT2D eigenvalue weighted by molar-refractivity contribution is 0.0942. The van der Waals surface area contributed by atoms with E-state index in [0.717, 1.165) is 12.1 Å². The number of carbonyl (C=O) groups excluding carboxylic acids is 1. The van der Waals surface area contributed by atoms with Gasteiger partial charge in [-0.1, -0.05) is 12.1 Å². The lowest BCUT2D eigenvalue weighted by Crippen LogP contribution is -2.25. The van der Waals surface area contributed by atoms with Crippen LogP contribution in [0, 0.1) is 17.6 Å². The molecule has 1 aromatic carbocycles. The number of hydrogen-bond donors (Lipinski definition) is 1. The molecule has 4 nitrogen and oxygen atoms in total. The minimum Gasteiger partial charge on any atom is -0.477 e. The highest BCUT2D eigenvalue weighted by Gasteiger charge is 2.22. The maximum atomic E-state index is 13.5. The third-order valence-corrected chi connectivity index (χ3v) is 3.60. The van der Waals surface area contributed by atoms with Gasteiger partial charge in [0.1, 0.15) is 17.2 Å². The predicted molar refractivity (Wildman–Crippen MR) is 80.0 cm³/mol. The zero-order valence-electron chi connectivity index (χ0n) is 12.4. The van der Waals surface area contributed by atoms with E-state index in [1.807, 2.05) is 0 Å². The van der Waals surface area contributed by atoms with Gasteiger partial charge >= 0.3 is 0 Å². The van der Waals surface area contributed by atoms with Gasteiger partial charge in [0.15, 0.2) is 0 Å². The minimum atomic E-state index is -0.885. The van der Waals surface area contributed by atoms with Crippen LogP contribution < -0.4 is 10.1 Å². The molecule has 2 aromatic rings. The molecule has 0 bridgehead atoms. The Morgan fingerprint density at radius 2 is 1.96 bits per heavy atom. The van der Waals surface area contributed by atoms with Gasteiger partial charge in [-0.25, -0.2) is 13.8 Å². The second kappa shape index (κ2) is 6.73. The van der Waals surface area contributed by atoms with Crippen molar-refractivity contribution in [1.29, 1.82) is 0 Å². The molecular weight excluding hydrogens is 302 g/mol. The van der Waals surface area contributed by atoms with Gasteiger partial charge in [0.25, 0.3) is 5.91 Å². The SMILES string of the molecule is O=C(NCc1ccc(OCC2CC2)nc1)c1c(F)cccc1F. The quantitative estimate of drug-likeness (QED) is 0.890. The Hall–Kier alpha value is -2.50. The second-order valence-corrected chi connectivity index (χ2v) is 5.54. The Morgan fingerprint density at radius 3 is 2.57 bits per heavy atom. The van der Waals surface area contributed by atoms with E-state index in [2.05, 4.69) is 10.3 Å². The summed E-state index contributed by atoms with van der Waals surface area (Å²) in [5, 5.41) is 2.48. The maximum Gasteiger partial charge on any atom is 0.257 e. The van der Waals surface area contributed by atoms with Gasteiger partial charge in [-0.05, 0) is 36.5 Å². The highest BCUT2D eigenvalue weighted by atomic mass is 19.1. The van der Waals surface area contributed by atoms with E-state index in [1.54, 1.807) is 18.3 Å². The average molecular weight is 318 g/mol. The lowest BCUT2D eigenvalue weighted by Gasteiger charge is -2.08. The first-order valence-corrected chi connectivity index (χ1v) is 7.43. The zero-order valence-corrected chi connectivity index (χ0v) is 12.4. The van der Waals surface area contributed by atoms with Crippen molar-refractivity contribution in [3.8, 4) is 5.88 Å². The van der Waals surface area contributed by atoms with E-state index in [9.17, 15) is 13.6 Å². The lowest BCUT2D eigenvalue weighted by atomic mass is 10.2. The molecule has 1 aliphatic carbocycles. The van der Waals surface area contributed by atoms with Crippen molar-refractivity contribution in [3.05, 3.63) is 59.3 Å². The third-order valence-electron chi connectivity index (χ3n) is 3.60. The van der Waals surface area contributed by atoms with Crippen LogP contribution in [0.1, 0.15) is 28.8 Å². The van der Waals surface area contributed by atoms with E-state index >= 15 is 0 Å². The molecule has 3 rings (SSSR count). The molecule has 120 valence electrons. The van der Waals surface area contributed by atoms with E-state index < -0.39 is 23.1 Å². The number of amides is 1. The third kappa shape index (κ3) is 4.03. The number of rotatable bonds is 6. The Labute approximate surface area is 132 Å². The fraction of sp³-hybridized carbons (Fsp3) is 0.294. The molecule has 1 fully saturated rings. The molecule has 23 heavy (non-hydrogen) atoms. The highest BCUT2D eigenvalue weighted by molar-refractivity contribution is 5.94. The van der Waals surface area contributed by atoms with Crippen LogP contribution in [0.2, 0.25) is 0 Å². The molecule has 1 aliphatic rings. The Balaban J connectivity index is 1.56. The Morgan fingerprint density at radius 1 is 1.22 bits per heavy atom. The number of ether oxygens (including phenoxy) is 1. The van der Waals surface area contributed by atoms with Crippen LogP contribution in [0.15, 0.2) is 36.5 Å². The molecule has 1 saturated carbocycles. The van der Waals surface area contributed by atoms with Crippen LogP contribution in [0.4, 0.5) is 8.78 Å². The summed E-state index contributed by atoms with van der Waals surface area (Å²) < 4.78 is 32.5. The topological polar surface area (TPSA) is 51.2 Å². The molecule has 0 atom stereocenters. The van der Waals surface area contributed by atoms with Gasteiger partial charge in [-0.2, -0.15) is 0 Å². The van der Waals surface area contributed by atoms with Crippen LogP contribution in [0.5, 0.6) is 5.88 Å².